The van der Waals surface area contributed by atoms with E-state index in [0.717, 1.165) is 37.3 Å². The quantitative estimate of drug-likeness (QED) is 0.839. The molecule has 21 heavy (non-hydrogen) atoms. The summed E-state index contributed by atoms with van der Waals surface area (Å²) in [5.41, 5.74) is 1.15. The Kier molecular flexibility index (Phi) is 5.15. The van der Waals surface area contributed by atoms with Crippen molar-refractivity contribution in [1.29, 1.82) is 0 Å². The van der Waals surface area contributed by atoms with E-state index in [2.05, 4.69) is 58.1 Å². The minimum absolute atomic E-state index is 0.102. The Morgan fingerprint density at radius 1 is 1.38 bits per heavy atom. The highest BCUT2D eigenvalue weighted by Gasteiger charge is 2.35. The maximum Gasteiger partial charge on any atom is 0.128 e. The molecule has 1 aliphatic rings. The molecule has 1 aromatic rings. The van der Waals surface area contributed by atoms with Crippen molar-refractivity contribution in [3.8, 4) is 11.5 Å². The highest BCUT2D eigenvalue weighted by atomic mass is 16.5. The first-order valence-electron chi connectivity index (χ1n) is 8.24. The third-order valence-corrected chi connectivity index (χ3v) is 4.46. The molecule has 118 valence electrons. The van der Waals surface area contributed by atoms with Gasteiger partial charge in [0.2, 0.25) is 0 Å². The first-order valence-corrected chi connectivity index (χ1v) is 8.24. The Bertz CT molecular complexity index is 474. The van der Waals surface area contributed by atoms with Gasteiger partial charge < -0.3 is 14.8 Å². The molecule has 0 aliphatic carbocycles. The van der Waals surface area contributed by atoms with E-state index in [1.165, 1.54) is 5.56 Å². The lowest BCUT2D eigenvalue weighted by Crippen LogP contribution is -2.41. The molecule has 1 aromatic carbocycles. The van der Waals surface area contributed by atoms with Crippen molar-refractivity contribution in [2.24, 2.45) is 0 Å². The van der Waals surface area contributed by atoms with E-state index in [-0.39, 0.29) is 11.7 Å². The van der Waals surface area contributed by atoms with Gasteiger partial charge in [-0.1, -0.05) is 26.8 Å². The molecular weight excluding hydrogens is 262 g/mol. The van der Waals surface area contributed by atoms with Gasteiger partial charge >= 0.3 is 0 Å². The zero-order valence-corrected chi connectivity index (χ0v) is 14.0. The summed E-state index contributed by atoms with van der Waals surface area (Å²) in [5.74, 6) is 1.87. The van der Waals surface area contributed by atoms with Gasteiger partial charge in [0.05, 0.1) is 6.10 Å². The summed E-state index contributed by atoms with van der Waals surface area (Å²) in [6, 6.07) is 6.63. The minimum atomic E-state index is -0.102. The van der Waals surface area contributed by atoms with E-state index in [1.54, 1.807) is 0 Å². The van der Waals surface area contributed by atoms with Crippen LogP contribution >= 0.6 is 0 Å². The van der Waals surface area contributed by atoms with Crippen LogP contribution < -0.4 is 14.8 Å². The van der Waals surface area contributed by atoms with E-state index in [9.17, 15) is 0 Å². The average molecular weight is 291 g/mol. The van der Waals surface area contributed by atoms with E-state index >= 15 is 0 Å². The van der Waals surface area contributed by atoms with Crippen molar-refractivity contribution in [3.05, 3.63) is 23.8 Å². The van der Waals surface area contributed by atoms with Gasteiger partial charge in [-0.3, -0.25) is 0 Å². The Labute approximate surface area is 129 Å². The lowest BCUT2D eigenvalue weighted by Gasteiger charge is -2.40. The molecule has 2 rings (SSSR count). The largest absolute Gasteiger partial charge is 0.491 e. The van der Waals surface area contributed by atoms with Crippen LogP contribution in [0.5, 0.6) is 11.5 Å². The van der Waals surface area contributed by atoms with Crippen LogP contribution in [0, 0.1) is 0 Å². The Morgan fingerprint density at radius 2 is 2.14 bits per heavy atom. The molecule has 0 saturated carbocycles. The summed E-state index contributed by atoms with van der Waals surface area (Å²) in [6.07, 6.45) is 3.25. The number of fused-ring (bicyclic) bond motifs is 1. The monoisotopic (exact) mass is 291 g/mol. The summed E-state index contributed by atoms with van der Waals surface area (Å²) in [7, 11) is 0. The highest BCUT2D eigenvalue weighted by Crippen LogP contribution is 2.42. The number of hydrogen-bond acceptors (Lipinski definition) is 3. The van der Waals surface area contributed by atoms with Crippen molar-refractivity contribution in [3.63, 3.8) is 0 Å². The fourth-order valence-corrected chi connectivity index (χ4v) is 2.77. The van der Waals surface area contributed by atoms with Crippen LogP contribution in [0.3, 0.4) is 0 Å². The van der Waals surface area contributed by atoms with E-state index in [4.69, 9.17) is 9.47 Å². The molecule has 3 unspecified atom stereocenters. The van der Waals surface area contributed by atoms with Crippen molar-refractivity contribution >= 4 is 0 Å². The molecule has 1 heterocycles. The molecule has 0 radical (unpaired) electrons. The SMILES string of the molecule is CCNC1CC(C)(CC)Oc2cc(OC(C)CC)ccc21. The molecule has 0 amide bonds. The van der Waals surface area contributed by atoms with Gasteiger partial charge in [-0.2, -0.15) is 0 Å². The molecule has 1 aliphatic heterocycles. The van der Waals surface area contributed by atoms with Gasteiger partial charge in [0.15, 0.2) is 0 Å². The minimum Gasteiger partial charge on any atom is -0.491 e. The molecule has 3 heteroatoms. The zero-order chi connectivity index (χ0) is 15.5. The average Bonchev–Trinajstić information content (AvgIpc) is 2.47. The van der Waals surface area contributed by atoms with Gasteiger partial charge in [-0.25, -0.2) is 0 Å². The van der Waals surface area contributed by atoms with Gasteiger partial charge in [0, 0.05) is 24.1 Å². The molecule has 0 aromatic heterocycles. The van der Waals surface area contributed by atoms with Crippen LogP contribution in [0.4, 0.5) is 0 Å². The number of hydrogen-bond donors (Lipinski definition) is 1. The number of benzene rings is 1. The highest BCUT2D eigenvalue weighted by molar-refractivity contribution is 5.44. The number of ether oxygens (including phenoxy) is 2. The van der Waals surface area contributed by atoms with Crippen LogP contribution in [-0.2, 0) is 0 Å². The second-order valence-corrected chi connectivity index (χ2v) is 6.26. The van der Waals surface area contributed by atoms with Gasteiger partial charge in [0.1, 0.15) is 17.1 Å². The van der Waals surface area contributed by atoms with Gasteiger partial charge in [-0.15, -0.1) is 0 Å². The van der Waals surface area contributed by atoms with Crippen molar-refractivity contribution in [2.45, 2.75) is 71.6 Å². The predicted octanol–water partition coefficient (Wildman–Crippen LogP) is 4.47. The van der Waals surface area contributed by atoms with Gasteiger partial charge in [-0.05, 0) is 39.3 Å². The van der Waals surface area contributed by atoms with Crippen molar-refractivity contribution in [1.82, 2.24) is 5.32 Å². The van der Waals surface area contributed by atoms with E-state index in [0.29, 0.717) is 6.04 Å². The summed E-state index contributed by atoms with van der Waals surface area (Å²) >= 11 is 0. The van der Waals surface area contributed by atoms with Crippen LogP contribution in [0.25, 0.3) is 0 Å². The third-order valence-electron chi connectivity index (χ3n) is 4.46. The molecule has 0 bridgehead atoms. The molecular formula is C18H29NO2. The van der Waals surface area contributed by atoms with E-state index < -0.39 is 0 Å². The van der Waals surface area contributed by atoms with Crippen LogP contribution in [-0.4, -0.2) is 18.2 Å². The second kappa shape index (κ2) is 6.69. The van der Waals surface area contributed by atoms with Crippen molar-refractivity contribution < 1.29 is 9.47 Å². The van der Waals surface area contributed by atoms with Crippen LogP contribution in [0.15, 0.2) is 18.2 Å². The smallest absolute Gasteiger partial charge is 0.128 e. The molecule has 0 fully saturated rings. The molecule has 1 N–H and O–H groups in total. The fraction of sp³-hybridized carbons (Fsp3) is 0.667. The second-order valence-electron chi connectivity index (χ2n) is 6.26. The predicted molar refractivity (Wildman–Crippen MR) is 87.2 cm³/mol. The first kappa shape index (κ1) is 16.2. The van der Waals surface area contributed by atoms with Crippen LogP contribution in [0.1, 0.15) is 65.5 Å². The Morgan fingerprint density at radius 3 is 2.76 bits per heavy atom. The Hall–Kier alpha value is -1.22. The molecule has 3 atom stereocenters. The van der Waals surface area contributed by atoms with Gasteiger partial charge in [0.25, 0.3) is 0 Å². The number of rotatable bonds is 6. The zero-order valence-electron chi connectivity index (χ0n) is 14.0. The van der Waals surface area contributed by atoms with Crippen LogP contribution in [0.2, 0.25) is 0 Å². The standard InChI is InChI=1S/C18H29NO2/c1-6-13(4)20-14-9-10-15-16(19-8-3)12-18(5,7-2)21-17(15)11-14/h9-11,13,16,19H,6-8,12H2,1-5H3. The van der Waals surface area contributed by atoms with E-state index in [1.807, 2.05) is 0 Å². The maximum absolute atomic E-state index is 6.28. The Balaban J connectivity index is 2.29. The lowest BCUT2D eigenvalue weighted by molar-refractivity contribution is 0.0440. The van der Waals surface area contributed by atoms with Crippen molar-refractivity contribution in [2.75, 3.05) is 6.54 Å². The maximum atomic E-state index is 6.28. The summed E-state index contributed by atoms with van der Waals surface area (Å²) < 4.78 is 12.2. The number of nitrogens with one attached hydrogen (secondary N) is 1. The normalized spacial score (nSPS) is 25.9. The lowest BCUT2D eigenvalue weighted by atomic mass is 9.86. The summed E-state index contributed by atoms with van der Waals surface area (Å²) in [5, 5.41) is 3.58. The molecule has 0 spiro atoms. The summed E-state index contributed by atoms with van der Waals surface area (Å²) in [4.78, 5) is 0. The molecule has 3 nitrogen and oxygen atoms in total. The molecule has 0 saturated heterocycles. The first-order chi connectivity index (χ1) is 10.0. The fourth-order valence-electron chi connectivity index (χ4n) is 2.77. The topological polar surface area (TPSA) is 30.5 Å². The summed E-state index contributed by atoms with van der Waals surface area (Å²) in [6.45, 7) is 11.7. The third kappa shape index (κ3) is 3.70.